The first-order chi connectivity index (χ1) is 13.5. The number of benzene rings is 2. The number of hydrogen-bond donors (Lipinski definition) is 0. The SMILES string of the molecule is O=C1CC(C(=O)N2CCCc3c(F)cc(F)cc32)CN1CCc1ccccc1. The van der Waals surface area contributed by atoms with Crippen LogP contribution >= 0.6 is 0 Å². The average molecular weight is 384 g/mol. The van der Waals surface area contributed by atoms with E-state index >= 15 is 0 Å². The van der Waals surface area contributed by atoms with Crippen LogP contribution in [0.25, 0.3) is 0 Å². The summed E-state index contributed by atoms with van der Waals surface area (Å²) in [5.74, 6) is -2.04. The number of halogens is 2. The lowest BCUT2D eigenvalue weighted by atomic mass is 9.98. The van der Waals surface area contributed by atoms with Crippen molar-refractivity contribution >= 4 is 17.5 Å². The fraction of sp³-hybridized carbons (Fsp3) is 0.364. The standard InChI is InChI=1S/C22H22F2N2O2/c23-17-12-19(24)18-7-4-9-26(20(18)13-17)22(28)16-11-21(27)25(14-16)10-8-15-5-2-1-3-6-15/h1-3,5-6,12-13,16H,4,7-11,14H2. The quantitative estimate of drug-likeness (QED) is 0.811. The average Bonchev–Trinajstić information content (AvgIpc) is 3.07. The maximum atomic E-state index is 14.1. The maximum Gasteiger partial charge on any atom is 0.232 e. The van der Waals surface area contributed by atoms with Gasteiger partial charge in [-0.25, -0.2) is 8.78 Å². The normalized spacial score (nSPS) is 19.1. The maximum absolute atomic E-state index is 14.1. The van der Waals surface area contributed by atoms with Gasteiger partial charge >= 0.3 is 0 Å². The minimum Gasteiger partial charge on any atom is -0.342 e. The molecule has 2 aliphatic heterocycles. The highest BCUT2D eigenvalue weighted by atomic mass is 19.1. The molecule has 0 aliphatic carbocycles. The third-order valence-corrected chi connectivity index (χ3v) is 5.58. The molecule has 6 heteroatoms. The molecule has 1 atom stereocenters. The van der Waals surface area contributed by atoms with Crippen molar-refractivity contribution in [1.29, 1.82) is 0 Å². The summed E-state index contributed by atoms with van der Waals surface area (Å²) in [6.07, 6.45) is 1.99. The van der Waals surface area contributed by atoms with Gasteiger partial charge in [0, 0.05) is 37.7 Å². The van der Waals surface area contributed by atoms with Crippen LogP contribution in [-0.4, -0.2) is 36.3 Å². The Labute approximate surface area is 162 Å². The van der Waals surface area contributed by atoms with E-state index in [2.05, 4.69) is 0 Å². The molecule has 2 aromatic carbocycles. The molecule has 1 unspecified atom stereocenters. The Hall–Kier alpha value is -2.76. The smallest absolute Gasteiger partial charge is 0.232 e. The van der Waals surface area contributed by atoms with Crippen molar-refractivity contribution in [2.24, 2.45) is 5.92 Å². The van der Waals surface area contributed by atoms with E-state index in [1.807, 2.05) is 30.3 Å². The van der Waals surface area contributed by atoms with Crippen molar-refractivity contribution in [3.63, 3.8) is 0 Å². The van der Waals surface area contributed by atoms with E-state index in [1.165, 1.54) is 11.0 Å². The first-order valence-electron chi connectivity index (χ1n) is 9.64. The van der Waals surface area contributed by atoms with Crippen LogP contribution in [0.5, 0.6) is 0 Å². The minimum atomic E-state index is -0.692. The number of likely N-dealkylation sites (tertiary alicyclic amines) is 1. The molecule has 0 spiro atoms. The third kappa shape index (κ3) is 3.63. The summed E-state index contributed by atoms with van der Waals surface area (Å²) in [5.41, 5.74) is 1.83. The molecule has 0 bridgehead atoms. The van der Waals surface area contributed by atoms with Crippen LogP contribution in [0.2, 0.25) is 0 Å². The van der Waals surface area contributed by atoms with Crippen molar-refractivity contribution in [2.45, 2.75) is 25.7 Å². The van der Waals surface area contributed by atoms with Crippen LogP contribution in [0.15, 0.2) is 42.5 Å². The Bertz CT molecular complexity index is 901. The van der Waals surface area contributed by atoms with Gasteiger partial charge in [0.25, 0.3) is 0 Å². The van der Waals surface area contributed by atoms with Crippen LogP contribution in [0.4, 0.5) is 14.5 Å². The number of anilines is 1. The monoisotopic (exact) mass is 384 g/mol. The number of carbonyl (C=O) groups excluding carboxylic acids is 2. The molecule has 4 rings (SSSR count). The number of hydrogen-bond acceptors (Lipinski definition) is 2. The first kappa shape index (κ1) is 18.6. The molecule has 2 amide bonds. The zero-order chi connectivity index (χ0) is 19.7. The first-order valence-corrected chi connectivity index (χ1v) is 9.64. The van der Waals surface area contributed by atoms with Gasteiger partial charge in [-0.2, -0.15) is 0 Å². The fourth-order valence-corrected chi connectivity index (χ4v) is 4.12. The number of amides is 2. The molecule has 28 heavy (non-hydrogen) atoms. The molecule has 0 radical (unpaired) electrons. The van der Waals surface area contributed by atoms with Gasteiger partial charge in [-0.3, -0.25) is 9.59 Å². The van der Waals surface area contributed by atoms with Crippen molar-refractivity contribution < 1.29 is 18.4 Å². The van der Waals surface area contributed by atoms with E-state index in [-0.39, 0.29) is 18.2 Å². The van der Waals surface area contributed by atoms with Gasteiger partial charge in [0.05, 0.1) is 11.6 Å². The molecule has 1 fully saturated rings. The minimum absolute atomic E-state index is 0.0445. The summed E-state index contributed by atoms with van der Waals surface area (Å²) in [7, 11) is 0. The number of carbonyl (C=O) groups is 2. The largest absolute Gasteiger partial charge is 0.342 e. The molecule has 2 aromatic rings. The van der Waals surface area contributed by atoms with Crippen LogP contribution in [-0.2, 0) is 22.4 Å². The van der Waals surface area contributed by atoms with Gasteiger partial charge in [0.1, 0.15) is 11.6 Å². The summed E-state index contributed by atoms with van der Waals surface area (Å²) in [6, 6.07) is 12.0. The Morgan fingerprint density at radius 3 is 2.71 bits per heavy atom. The van der Waals surface area contributed by atoms with E-state index in [0.29, 0.717) is 43.7 Å². The Balaban J connectivity index is 1.46. The van der Waals surface area contributed by atoms with Gasteiger partial charge in [0.15, 0.2) is 0 Å². The second kappa shape index (κ2) is 7.70. The van der Waals surface area contributed by atoms with E-state index in [9.17, 15) is 18.4 Å². The van der Waals surface area contributed by atoms with Crippen molar-refractivity contribution in [1.82, 2.24) is 4.90 Å². The predicted octanol–water partition coefficient (Wildman–Crippen LogP) is 3.34. The fourth-order valence-electron chi connectivity index (χ4n) is 4.12. The van der Waals surface area contributed by atoms with Crippen LogP contribution in [0, 0.1) is 17.6 Å². The highest BCUT2D eigenvalue weighted by molar-refractivity contribution is 5.99. The lowest BCUT2D eigenvalue weighted by Gasteiger charge is -2.31. The van der Waals surface area contributed by atoms with Crippen molar-refractivity contribution in [3.8, 4) is 0 Å². The molecular formula is C22H22F2N2O2. The third-order valence-electron chi connectivity index (χ3n) is 5.58. The van der Waals surface area contributed by atoms with E-state index in [4.69, 9.17) is 0 Å². The summed E-state index contributed by atoms with van der Waals surface area (Å²) >= 11 is 0. The second-order valence-electron chi connectivity index (χ2n) is 7.46. The van der Waals surface area contributed by atoms with E-state index in [1.54, 1.807) is 4.90 Å². The zero-order valence-electron chi connectivity index (χ0n) is 15.5. The van der Waals surface area contributed by atoms with E-state index < -0.39 is 17.6 Å². The van der Waals surface area contributed by atoms with Crippen molar-refractivity contribution in [3.05, 3.63) is 65.2 Å². The number of rotatable bonds is 4. The Morgan fingerprint density at radius 1 is 1.14 bits per heavy atom. The molecule has 0 aromatic heterocycles. The molecule has 4 nitrogen and oxygen atoms in total. The number of fused-ring (bicyclic) bond motifs is 1. The second-order valence-corrected chi connectivity index (χ2v) is 7.46. The molecule has 0 saturated carbocycles. The highest BCUT2D eigenvalue weighted by Crippen LogP contribution is 2.33. The lowest BCUT2D eigenvalue weighted by Crippen LogP contribution is -2.41. The van der Waals surface area contributed by atoms with Crippen LogP contribution in [0.1, 0.15) is 24.0 Å². The predicted molar refractivity (Wildman–Crippen MR) is 102 cm³/mol. The van der Waals surface area contributed by atoms with Crippen LogP contribution in [0.3, 0.4) is 0 Å². The molecule has 0 N–H and O–H groups in total. The molecule has 146 valence electrons. The summed E-state index contributed by atoms with van der Waals surface area (Å²) in [4.78, 5) is 28.6. The summed E-state index contributed by atoms with van der Waals surface area (Å²) < 4.78 is 27.8. The van der Waals surface area contributed by atoms with Gasteiger partial charge in [-0.1, -0.05) is 30.3 Å². The lowest BCUT2D eigenvalue weighted by molar-refractivity contribution is -0.128. The topological polar surface area (TPSA) is 40.6 Å². The Morgan fingerprint density at radius 2 is 1.93 bits per heavy atom. The Kier molecular flexibility index (Phi) is 5.11. The molecular weight excluding hydrogens is 362 g/mol. The van der Waals surface area contributed by atoms with Gasteiger partial charge in [0.2, 0.25) is 11.8 Å². The zero-order valence-corrected chi connectivity index (χ0v) is 15.5. The van der Waals surface area contributed by atoms with Crippen LogP contribution < -0.4 is 4.90 Å². The molecule has 2 aliphatic rings. The van der Waals surface area contributed by atoms with Gasteiger partial charge < -0.3 is 9.80 Å². The van der Waals surface area contributed by atoms with Crippen molar-refractivity contribution in [2.75, 3.05) is 24.5 Å². The van der Waals surface area contributed by atoms with Gasteiger partial charge in [-0.15, -0.1) is 0 Å². The molecule has 2 heterocycles. The highest BCUT2D eigenvalue weighted by Gasteiger charge is 2.38. The summed E-state index contributed by atoms with van der Waals surface area (Å²) in [5, 5.41) is 0. The summed E-state index contributed by atoms with van der Waals surface area (Å²) in [6.45, 7) is 1.34. The molecule has 1 saturated heterocycles. The van der Waals surface area contributed by atoms with Gasteiger partial charge in [-0.05, 0) is 30.9 Å². The number of nitrogens with zero attached hydrogens (tertiary/aromatic N) is 2. The van der Waals surface area contributed by atoms with E-state index in [0.717, 1.165) is 18.1 Å².